The first-order chi connectivity index (χ1) is 11.5. The number of ether oxygens (including phenoxy) is 1. The Morgan fingerprint density at radius 1 is 1.17 bits per heavy atom. The van der Waals surface area contributed by atoms with E-state index in [-0.39, 0.29) is 5.91 Å². The molecule has 0 aliphatic carbocycles. The molecule has 0 saturated heterocycles. The zero-order chi connectivity index (χ0) is 17.5. The van der Waals surface area contributed by atoms with Crippen LogP contribution in [0.1, 0.15) is 21.5 Å². The Balaban J connectivity index is 1.92. The summed E-state index contributed by atoms with van der Waals surface area (Å²) in [6, 6.07) is 15.1. The van der Waals surface area contributed by atoms with Crippen molar-refractivity contribution in [3.63, 3.8) is 0 Å². The van der Waals surface area contributed by atoms with Crippen molar-refractivity contribution in [1.82, 2.24) is 4.90 Å². The molecule has 1 unspecified atom stereocenters. The maximum absolute atomic E-state index is 12.5. The first-order valence-corrected chi connectivity index (χ1v) is 9.53. The number of carbonyl (C=O) groups excluding carboxylic acids is 1. The molecule has 0 heterocycles. The lowest BCUT2D eigenvalue weighted by Crippen LogP contribution is -2.31. The number of para-hydroxylation sites is 1. The number of benzene rings is 2. The van der Waals surface area contributed by atoms with Crippen LogP contribution < -0.4 is 4.74 Å². The Bertz CT molecular complexity index is 730. The Hall–Kier alpha value is -2.14. The van der Waals surface area contributed by atoms with E-state index in [9.17, 15) is 9.00 Å². The van der Waals surface area contributed by atoms with Crippen LogP contribution in [0.25, 0.3) is 0 Å². The zero-order valence-electron chi connectivity index (χ0n) is 14.3. The van der Waals surface area contributed by atoms with Gasteiger partial charge in [-0.2, -0.15) is 0 Å². The summed E-state index contributed by atoms with van der Waals surface area (Å²) < 4.78 is 17.1. The van der Waals surface area contributed by atoms with E-state index >= 15 is 0 Å². The summed E-state index contributed by atoms with van der Waals surface area (Å²) in [5.74, 6) is 1.24. The molecule has 0 N–H and O–H groups in total. The van der Waals surface area contributed by atoms with Gasteiger partial charge in [0.05, 0.1) is 6.54 Å². The van der Waals surface area contributed by atoms with Crippen LogP contribution in [-0.2, 0) is 16.6 Å². The van der Waals surface area contributed by atoms with Crippen LogP contribution in [0.2, 0.25) is 0 Å². The fourth-order valence-electron chi connectivity index (χ4n) is 2.36. The summed E-state index contributed by atoms with van der Waals surface area (Å²) in [6.07, 6.45) is 1.66. The molecule has 0 fully saturated rings. The van der Waals surface area contributed by atoms with Crippen molar-refractivity contribution >= 4 is 16.7 Å². The summed E-state index contributed by atoms with van der Waals surface area (Å²) in [5.41, 5.74) is 2.59. The summed E-state index contributed by atoms with van der Waals surface area (Å²) in [6.45, 7) is 2.93. The lowest BCUT2D eigenvalue weighted by molar-refractivity contribution is 0.0773. The smallest absolute Gasteiger partial charge is 0.253 e. The van der Waals surface area contributed by atoms with Crippen LogP contribution in [0.15, 0.2) is 48.5 Å². The molecule has 128 valence electrons. The highest BCUT2D eigenvalue weighted by Crippen LogP contribution is 2.16. The van der Waals surface area contributed by atoms with Crippen LogP contribution in [0.5, 0.6) is 5.75 Å². The SMILES string of the molecule is Cc1ccccc1OCCN(C)C(=O)c1cccc(CS(C)=O)c1. The number of hydrogen-bond acceptors (Lipinski definition) is 3. The van der Waals surface area contributed by atoms with E-state index in [0.29, 0.717) is 24.5 Å². The van der Waals surface area contributed by atoms with E-state index in [4.69, 9.17) is 4.74 Å². The van der Waals surface area contributed by atoms with E-state index in [0.717, 1.165) is 16.9 Å². The standard InChI is InChI=1S/C19H23NO3S/c1-15-7-4-5-10-18(15)23-12-11-20(2)19(21)17-9-6-8-16(13-17)14-24(3)22/h4-10,13H,11-12,14H2,1-3H3. The Morgan fingerprint density at radius 3 is 2.62 bits per heavy atom. The van der Waals surface area contributed by atoms with Gasteiger partial charge in [-0.15, -0.1) is 0 Å². The molecule has 0 spiro atoms. The summed E-state index contributed by atoms with van der Waals surface area (Å²) in [5, 5.41) is 0. The van der Waals surface area contributed by atoms with Crippen molar-refractivity contribution in [1.29, 1.82) is 0 Å². The third-order valence-corrected chi connectivity index (χ3v) is 4.41. The number of carbonyl (C=O) groups is 1. The van der Waals surface area contributed by atoms with E-state index in [1.165, 1.54) is 0 Å². The van der Waals surface area contributed by atoms with Gasteiger partial charge in [-0.05, 0) is 36.2 Å². The molecule has 0 saturated carbocycles. The molecule has 2 aromatic rings. The maximum Gasteiger partial charge on any atom is 0.253 e. The van der Waals surface area contributed by atoms with Crippen molar-refractivity contribution in [2.45, 2.75) is 12.7 Å². The van der Waals surface area contributed by atoms with Gasteiger partial charge in [0.1, 0.15) is 12.4 Å². The van der Waals surface area contributed by atoms with Gasteiger partial charge in [0.25, 0.3) is 5.91 Å². The number of aryl methyl sites for hydroxylation is 1. The molecule has 2 rings (SSSR count). The maximum atomic E-state index is 12.5. The molecular formula is C19H23NO3S. The fourth-order valence-corrected chi connectivity index (χ4v) is 3.01. The Morgan fingerprint density at radius 2 is 1.92 bits per heavy atom. The monoisotopic (exact) mass is 345 g/mol. The zero-order valence-corrected chi connectivity index (χ0v) is 15.1. The van der Waals surface area contributed by atoms with Crippen molar-refractivity contribution in [3.8, 4) is 5.75 Å². The van der Waals surface area contributed by atoms with E-state index in [1.54, 1.807) is 24.3 Å². The Labute approximate surface area is 145 Å². The normalized spacial score (nSPS) is 11.8. The lowest BCUT2D eigenvalue weighted by Gasteiger charge is -2.18. The number of rotatable bonds is 7. The van der Waals surface area contributed by atoms with Crippen molar-refractivity contribution in [2.75, 3.05) is 26.5 Å². The van der Waals surface area contributed by atoms with Gasteiger partial charge in [-0.25, -0.2) is 0 Å². The highest BCUT2D eigenvalue weighted by molar-refractivity contribution is 7.83. The molecule has 1 amide bonds. The Kier molecular flexibility index (Phi) is 6.55. The molecule has 24 heavy (non-hydrogen) atoms. The largest absolute Gasteiger partial charge is 0.491 e. The van der Waals surface area contributed by atoms with Crippen molar-refractivity contribution < 1.29 is 13.7 Å². The number of amides is 1. The molecule has 0 radical (unpaired) electrons. The van der Waals surface area contributed by atoms with Gasteiger partial charge in [0.2, 0.25) is 0 Å². The first-order valence-electron chi connectivity index (χ1n) is 7.80. The first kappa shape index (κ1) is 18.2. The van der Waals surface area contributed by atoms with Crippen LogP contribution >= 0.6 is 0 Å². The molecular weight excluding hydrogens is 322 g/mol. The van der Waals surface area contributed by atoms with Crippen LogP contribution in [0, 0.1) is 6.92 Å². The topological polar surface area (TPSA) is 46.6 Å². The van der Waals surface area contributed by atoms with Gasteiger partial charge < -0.3 is 9.64 Å². The summed E-state index contributed by atoms with van der Waals surface area (Å²) >= 11 is 0. The lowest BCUT2D eigenvalue weighted by atomic mass is 10.1. The molecule has 4 nitrogen and oxygen atoms in total. The quantitative estimate of drug-likeness (QED) is 0.775. The van der Waals surface area contributed by atoms with Gasteiger partial charge in [-0.3, -0.25) is 9.00 Å². The minimum Gasteiger partial charge on any atom is -0.491 e. The van der Waals surface area contributed by atoms with Crippen LogP contribution in [0.4, 0.5) is 0 Å². The second-order valence-corrected chi connectivity index (χ2v) is 7.19. The predicted octanol–water partition coefficient (Wildman–Crippen LogP) is 3.02. The average Bonchev–Trinajstić information content (AvgIpc) is 2.55. The van der Waals surface area contributed by atoms with Gasteiger partial charge in [-0.1, -0.05) is 30.3 Å². The number of nitrogens with zero attached hydrogens (tertiary/aromatic N) is 1. The van der Waals surface area contributed by atoms with Gasteiger partial charge in [0.15, 0.2) is 0 Å². The predicted molar refractivity (Wildman–Crippen MR) is 97.8 cm³/mol. The molecule has 0 aliphatic rings. The second-order valence-electron chi connectivity index (χ2n) is 5.76. The van der Waals surface area contributed by atoms with Crippen molar-refractivity contribution in [3.05, 3.63) is 65.2 Å². The molecule has 0 bridgehead atoms. The average molecular weight is 345 g/mol. The van der Waals surface area contributed by atoms with Crippen molar-refractivity contribution in [2.24, 2.45) is 0 Å². The van der Waals surface area contributed by atoms with Gasteiger partial charge in [0, 0.05) is 35.4 Å². The van der Waals surface area contributed by atoms with E-state index in [1.807, 2.05) is 49.4 Å². The summed E-state index contributed by atoms with van der Waals surface area (Å²) in [4.78, 5) is 14.1. The molecule has 0 aliphatic heterocycles. The third-order valence-electron chi connectivity index (χ3n) is 3.67. The number of hydrogen-bond donors (Lipinski definition) is 0. The summed E-state index contributed by atoms with van der Waals surface area (Å²) in [7, 11) is 0.836. The third kappa shape index (κ3) is 5.20. The molecule has 1 atom stereocenters. The molecule has 5 heteroatoms. The second kappa shape index (κ2) is 8.64. The molecule has 0 aromatic heterocycles. The van der Waals surface area contributed by atoms with Crippen LogP contribution in [0.3, 0.4) is 0 Å². The van der Waals surface area contributed by atoms with Crippen LogP contribution in [-0.4, -0.2) is 41.5 Å². The minimum absolute atomic E-state index is 0.0629. The van der Waals surface area contributed by atoms with Gasteiger partial charge >= 0.3 is 0 Å². The highest BCUT2D eigenvalue weighted by Gasteiger charge is 2.12. The number of likely N-dealkylation sites (N-methyl/N-ethyl adjacent to an activating group) is 1. The van der Waals surface area contributed by atoms with E-state index < -0.39 is 10.8 Å². The van der Waals surface area contributed by atoms with E-state index in [2.05, 4.69) is 0 Å². The highest BCUT2D eigenvalue weighted by atomic mass is 32.2. The minimum atomic E-state index is -0.922. The fraction of sp³-hybridized carbons (Fsp3) is 0.316. The molecule has 2 aromatic carbocycles.